The van der Waals surface area contributed by atoms with E-state index in [4.69, 9.17) is 0 Å². The molecule has 0 aliphatic heterocycles. The van der Waals surface area contributed by atoms with Crippen LogP contribution in [0.3, 0.4) is 0 Å². The second kappa shape index (κ2) is 10.0. The molecule has 0 fully saturated rings. The van der Waals surface area contributed by atoms with Crippen LogP contribution in [0.2, 0.25) is 0 Å². The first-order valence-electron chi connectivity index (χ1n) is 5.06. The highest BCUT2D eigenvalue weighted by Crippen LogP contribution is 2.08. The highest BCUT2D eigenvalue weighted by atomic mass is 13.9. The molecule has 0 nitrogen and oxygen atoms in total. The van der Waals surface area contributed by atoms with Crippen LogP contribution >= 0.6 is 0 Å². The average molecular weight is 154 g/mol. The Balaban J connectivity index is 2.69. The smallest absolute Gasteiger partial charge is 0.0207 e. The SMILES string of the molecule is C[C]CCCCCCCCC. The van der Waals surface area contributed by atoms with E-state index in [1.807, 2.05) is 6.92 Å². The molecule has 0 aromatic carbocycles. The topological polar surface area (TPSA) is 0 Å². The van der Waals surface area contributed by atoms with Gasteiger partial charge in [-0.25, -0.2) is 0 Å². The van der Waals surface area contributed by atoms with E-state index < -0.39 is 0 Å². The maximum absolute atomic E-state index is 3.17. The molecule has 0 N–H and O–H groups in total. The first-order valence-corrected chi connectivity index (χ1v) is 5.06. The van der Waals surface area contributed by atoms with E-state index in [1.165, 1.54) is 51.4 Å². The quantitative estimate of drug-likeness (QED) is 0.459. The summed E-state index contributed by atoms with van der Waals surface area (Å²) in [6.45, 7) is 4.29. The summed E-state index contributed by atoms with van der Waals surface area (Å²) in [5.74, 6) is 0. The van der Waals surface area contributed by atoms with Crippen molar-refractivity contribution in [1.29, 1.82) is 0 Å². The van der Waals surface area contributed by atoms with Crippen molar-refractivity contribution in [1.82, 2.24) is 0 Å². The fraction of sp³-hybridized carbons (Fsp3) is 0.909. The third kappa shape index (κ3) is 10.0. The molecular formula is C11H22. The van der Waals surface area contributed by atoms with E-state index in [-0.39, 0.29) is 0 Å². The standard InChI is InChI=1S/C11H22/c1-3-5-7-9-11-10-8-6-4-2/h3,5-11H2,1-2H3. The average Bonchev–Trinajstić information content (AvgIpc) is 2.03. The first-order chi connectivity index (χ1) is 5.41. The molecule has 0 bridgehead atoms. The molecule has 66 valence electrons. The minimum atomic E-state index is 1.19. The summed E-state index contributed by atoms with van der Waals surface area (Å²) in [7, 11) is 0. The van der Waals surface area contributed by atoms with Crippen LogP contribution < -0.4 is 0 Å². The van der Waals surface area contributed by atoms with Gasteiger partial charge in [0.2, 0.25) is 0 Å². The maximum Gasteiger partial charge on any atom is -0.0207 e. The number of unbranched alkanes of at least 4 members (excludes halogenated alkanes) is 8. The zero-order valence-electron chi connectivity index (χ0n) is 8.16. The van der Waals surface area contributed by atoms with Gasteiger partial charge in [0.15, 0.2) is 0 Å². The number of rotatable bonds is 8. The van der Waals surface area contributed by atoms with Crippen LogP contribution in [0.1, 0.15) is 65.2 Å². The van der Waals surface area contributed by atoms with Gasteiger partial charge in [0.25, 0.3) is 0 Å². The summed E-state index contributed by atoms with van der Waals surface area (Å²) in [6.07, 6.45) is 14.2. The molecule has 11 heavy (non-hydrogen) atoms. The van der Waals surface area contributed by atoms with Crippen molar-refractivity contribution in [3.63, 3.8) is 0 Å². The first kappa shape index (κ1) is 11.0. The molecule has 0 heterocycles. The van der Waals surface area contributed by atoms with Crippen LogP contribution in [-0.2, 0) is 0 Å². The van der Waals surface area contributed by atoms with Crippen LogP contribution in [0.4, 0.5) is 0 Å². The molecule has 0 amide bonds. The molecule has 0 aliphatic rings. The van der Waals surface area contributed by atoms with Crippen LogP contribution in [0.25, 0.3) is 0 Å². The normalized spacial score (nSPS) is 10.4. The highest BCUT2D eigenvalue weighted by Gasteiger charge is 1.89. The third-order valence-corrected chi connectivity index (χ3v) is 2.03. The van der Waals surface area contributed by atoms with Gasteiger partial charge in [0.05, 0.1) is 0 Å². The Morgan fingerprint density at radius 3 is 1.91 bits per heavy atom. The van der Waals surface area contributed by atoms with E-state index in [0.29, 0.717) is 0 Å². The second-order valence-corrected chi connectivity index (χ2v) is 3.22. The van der Waals surface area contributed by atoms with Gasteiger partial charge in [-0.15, -0.1) is 0 Å². The molecule has 0 aliphatic carbocycles. The van der Waals surface area contributed by atoms with Crippen LogP contribution in [0.5, 0.6) is 0 Å². The van der Waals surface area contributed by atoms with E-state index in [2.05, 4.69) is 13.3 Å². The van der Waals surface area contributed by atoms with Gasteiger partial charge in [-0.2, -0.15) is 0 Å². The summed E-state index contributed by atoms with van der Waals surface area (Å²) in [6, 6.07) is 0. The van der Waals surface area contributed by atoms with Gasteiger partial charge in [0, 0.05) is 0 Å². The number of hydrogen-bond donors (Lipinski definition) is 0. The van der Waals surface area contributed by atoms with Crippen molar-refractivity contribution in [3.05, 3.63) is 6.42 Å². The fourth-order valence-electron chi connectivity index (χ4n) is 1.26. The predicted octanol–water partition coefficient (Wildman–Crippen LogP) is 4.23. The van der Waals surface area contributed by atoms with Gasteiger partial charge in [-0.05, 0) is 12.8 Å². The Hall–Kier alpha value is 0. The van der Waals surface area contributed by atoms with Crippen LogP contribution in [0, 0.1) is 6.42 Å². The molecule has 0 atom stereocenters. The van der Waals surface area contributed by atoms with Crippen LogP contribution in [-0.4, -0.2) is 0 Å². The lowest BCUT2D eigenvalue weighted by Gasteiger charge is -1.98. The molecular weight excluding hydrogens is 132 g/mol. The van der Waals surface area contributed by atoms with Gasteiger partial charge < -0.3 is 0 Å². The van der Waals surface area contributed by atoms with Crippen molar-refractivity contribution >= 4 is 0 Å². The molecule has 0 aromatic heterocycles. The third-order valence-electron chi connectivity index (χ3n) is 2.03. The Kier molecular flexibility index (Phi) is 10.0. The summed E-state index contributed by atoms with van der Waals surface area (Å²) in [5, 5.41) is 0. The second-order valence-electron chi connectivity index (χ2n) is 3.22. The Labute approximate surface area is 72.4 Å². The molecule has 0 rings (SSSR count). The molecule has 2 radical (unpaired) electrons. The summed E-state index contributed by atoms with van der Waals surface area (Å²) in [5.41, 5.74) is 0. The van der Waals surface area contributed by atoms with Crippen molar-refractivity contribution in [2.75, 3.05) is 0 Å². The zero-order chi connectivity index (χ0) is 8.36. The zero-order valence-corrected chi connectivity index (χ0v) is 8.16. The summed E-state index contributed by atoms with van der Waals surface area (Å²) >= 11 is 0. The van der Waals surface area contributed by atoms with Crippen LogP contribution in [0.15, 0.2) is 0 Å². The molecule has 0 heteroatoms. The minimum absolute atomic E-state index is 1.19. The van der Waals surface area contributed by atoms with Gasteiger partial charge in [0.1, 0.15) is 0 Å². The summed E-state index contributed by atoms with van der Waals surface area (Å²) in [4.78, 5) is 0. The lowest BCUT2D eigenvalue weighted by molar-refractivity contribution is 0.588. The minimum Gasteiger partial charge on any atom is -0.0654 e. The molecule has 0 spiro atoms. The maximum atomic E-state index is 3.17. The monoisotopic (exact) mass is 154 g/mol. The Morgan fingerprint density at radius 2 is 1.36 bits per heavy atom. The van der Waals surface area contributed by atoms with Crippen molar-refractivity contribution < 1.29 is 0 Å². The molecule has 0 unspecified atom stereocenters. The van der Waals surface area contributed by atoms with Crippen molar-refractivity contribution in [2.45, 2.75) is 65.2 Å². The molecule has 0 saturated heterocycles. The largest absolute Gasteiger partial charge is 0.0654 e. The fourth-order valence-corrected chi connectivity index (χ4v) is 1.26. The lowest BCUT2D eigenvalue weighted by Crippen LogP contribution is -1.79. The number of hydrogen-bond acceptors (Lipinski definition) is 0. The van der Waals surface area contributed by atoms with Gasteiger partial charge in [-0.3, -0.25) is 0 Å². The highest BCUT2D eigenvalue weighted by molar-refractivity contribution is 4.55. The van der Waals surface area contributed by atoms with E-state index in [9.17, 15) is 0 Å². The van der Waals surface area contributed by atoms with Crippen molar-refractivity contribution in [3.8, 4) is 0 Å². The van der Waals surface area contributed by atoms with E-state index in [0.717, 1.165) is 0 Å². The van der Waals surface area contributed by atoms with Gasteiger partial charge in [-0.1, -0.05) is 58.8 Å². The Bertz CT molecular complexity index is 49.1. The molecule has 0 saturated carbocycles. The van der Waals surface area contributed by atoms with Gasteiger partial charge >= 0.3 is 0 Å². The predicted molar refractivity (Wildman–Crippen MR) is 51.5 cm³/mol. The van der Waals surface area contributed by atoms with Crippen molar-refractivity contribution in [2.24, 2.45) is 0 Å². The lowest BCUT2D eigenvalue weighted by atomic mass is 10.1. The van der Waals surface area contributed by atoms with E-state index >= 15 is 0 Å². The Morgan fingerprint density at radius 1 is 0.818 bits per heavy atom. The van der Waals surface area contributed by atoms with E-state index in [1.54, 1.807) is 0 Å². The molecule has 0 aromatic rings. The summed E-state index contributed by atoms with van der Waals surface area (Å²) < 4.78 is 0.